The number of fused-ring (bicyclic) bond motifs is 1. The van der Waals surface area contributed by atoms with Crippen LogP contribution >= 0.6 is 0 Å². The van der Waals surface area contributed by atoms with Crippen LogP contribution in [-0.2, 0) is 22.7 Å². The first kappa shape index (κ1) is 30.2. The van der Waals surface area contributed by atoms with Crippen molar-refractivity contribution < 1.29 is 35.8 Å². The van der Waals surface area contributed by atoms with Crippen molar-refractivity contribution in [3.63, 3.8) is 0 Å². The van der Waals surface area contributed by atoms with Gasteiger partial charge in [-0.2, -0.15) is 0 Å². The number of likely N-dealkylation sites (tertiary alicyclic amines) is 1. The predicted molar refractivity (Wildman–Crippen MR) is 144 cm³/mol. The van der Waals surface area contributed by atoms with Crippen molar-refractivity contribution >= 4 is 20.7 Å². The molecule has 4 rings (SSSR count). The molecule has 0 bridgehead atoms. The van der Waals surface area contributed by atoms with Gasteiger partial charge in [0.25, 0.3) is 0 Å². The van der Waals surface area contributed by atoms with Gasteiger partial charge in [0.05, 0.1) is 17.5 Å². The minimum Gasteiger partial charge on any atom is -0.497 e. The molecule has 0 unspecified atom stereocenters. The van der Waals surface area contributed by atoms with E-state index < -0.39 is 33.3 Å². The fraction of sp³-hybridized carbons (Fsp3) is 0.483. The lowest BCUT2D eigenvalue weighted by Crippen LogP contribution is -2.42. The van der Waals surface area contributed by atoms with E-state index in [1.165, 1.54) is 13.3 Å². The number of hydrogen-bond donors (Lipinski definition) is 1. The number of pyridine rings is 1. The number of aliphatic hydroxyl groups excluding tert-OH is 1. The number of rotatable bonds is 12. The van der Waals surface area contributed by atoms with E-state index in [-0.39, 0.29) is 16.9 Å². The van der Waals surface area contributed by atoms with E-state index in [4.69, 9.17) is 4.74 Å². The van der Waals surface area contributed by atoms with E-state index in [0.717, 1.165) is 38.1 Å². The van der Waals surface area contributed by atoms with Gasteiger partial charge in [0.2, 0.25) is 9.84 Å². The summed E-state index contributed by atoms with van der Waals surface area (Å²) in [5.74, 6) is -3.29. The Morgan fingerprint density at radius 2 is 1.75 bits per heavy atom. The van der Waals surface area contributed by atoms with Crippen molar-refractivity contribution in [3.8, 4) is 5.75 Å². The zero-order valence-corrected chi connectivity index (χ0v) is 23.3. The van der Waals surface area contributed by atoms with E-state index in [0.29, 0.717) is 66.4 Å². The minimum absolute atomic E-state index is 0.00444. The summed E-state index contributed by atoms with van der Waals surface area (Å²) in [5.41, 5.74) is 1.18. The van der Waals surface area contributed by atoms with Crippen molar-refractivity contribution in [2.24, 2.45) is 5.41 Å². The van der Waals surface area contributed by atoms with Gasteiger partial charge in [-0.05, 0) is 111 Å². The van der Waals surface area contributed by atoms with Gasteiger partial charge in [0.1, 0.15) is 5.75 Å². The van der Waals surface area contributed by atoms with Crippen LogP contribution < -0.4 is 4.74 Å². The number of piperidine rings is 1. The molecule has 1 N–H and O–H groups in total. The predicted octanol–water partition coefficient (Wildman–Crippen LogP) is 5.39. The molecule has 1 saturated heterocycles. The van der Waals surface area contributed by atoms with Crippen molar-refractivity contribution in [3.05, 3.63) is 65.1 Å². The molecule has 2 aromatic carbocycles. The zero-order valence-electron chi connectivity index (χ0n) is 22.4. The number of halogens is 4. The zero-order chi connectivity index (χ0) is 28.9. The summed E-state index contributed by atoms with van der Waals surface area (Å²) < 4.78 is 83.9. The van der Waals surface area contributed by atoms with E-state index in [9.17, 15) is 31.1 Å². The van der Waals surface area contributed by atoms with Crippen molar-refractivity contribution in [2.45, 2.75) is 49.8 Å². The largest absolute Gasteiger partial charge is 0.497 e. The summed E-state index contributed by atoms with van der Waals surface area (Å²) >= 11 is 0. The highest BCUT2D eigenvalue weighted by Crippen LogP contribution is 2.37. The molecule has 11 heteroatoms. The highest BCUT2D eigenvalue weighted by Gasteiger charge is 2.34. The van der Waals surface area contributed by atoms with Crippen LogP contribution in [0.2, 0.25) is 0 Å². The first-order valence-corrected chi connectivity index (χ1v) is 15.0. The summed E-state index contributed by atoms with van der Waals surface area (Å²) in [6.07, 6.45) is 5.39. The van der Waals surface area contributed by atoms with E-state index in [2.05, 4.69) is 9.88 Å². The average molecular weight is 583 g/mol. The lowest BCUT2D eigenvalue weighted by Gasteiger charge is -2.41. The van der Waals surface area contributed by atoms with Gasteiger partial charge < -0.3 is 14.7 Å². The SMILES string of the molecule is COc1ccc2ncc(S(=O)(=O)CF)c(CCCC3(CO)CCN(CCCc4cc(F)c(F)c(F)c4)CC3)c2c1. The number of alkyl halides is 1. The lowest BCUT2D eigenvalue weighted by molar-refractivity contribution is 0.0353. The molecule has 0 saturated carbocycles. The Morgan fingerprint density at radius 3 is 2.38 bits per heavy atom. The molecule has 1 fully saturated rings. The van der Waals surface area contributed by atoms with Crippen LogP contribution in [-0.4, -0.2) is 62.8 Å². The van der Waals surface area contributed by atoms with Crippen LogP contribution in [0.3, 0.4) is 0 Å². The second-order valence-electron chi connectivity index (χ2n) is 10.5. The fourth-order valence-corrected chi connectivity index (χ4v) is 6.48. The molecule has 0 amide bonds. The van der Waals surface area contributed by atoms with Gasteiger partial charge in [0, 0.05) is 18.2 Å². The van der Waals surface area contributed by atoms with Crippen LogP contribution in [0.5, 0.6) is 5.75 Å². The maximum absolute atomic E-state index is 13.5. The number of benzene rings is 2. The number of aryl methyl sites for hydroxylation is 2. The molecule has 1 aliphatic heterocycles. The molecule has 0 aliphatic carbocycles. The van der Waals surface area contributed by atoms with Gasteiger partial charge in [-0.25, -0.2) is 26.0 Å². The molecular weight excluding hydrogens is 548 g/mol. The molecule has 0 atom stereocenters. The maximum atomic E-state index is 13.5. The Labute approximate surface area is 231 Å². The monoisotopic (exact) mass is 582 g/mol. The van der Waals surface area contributed by atoms with Crippen LogP contribution in [0.4, 0.5) is 17.6 Å². The van der Waals surface area contributed by atoms with Gasteiger partial charge in [-0.1, -0.05) is 0 Å². The topological polar surface area (TPSA) is 79.7 Å². The van der Waals surface area contributed by atoms with Gasteiger partial charge >= 0.3 is 0 Å². The summed E-state index contributed by atoms with van der Waals surface area (Å²) in [6.45, 7) is 2.18. The number of hydrogen-bond acceptors (Lipinski definition) is 6. The van der Waals surface area contributed by atoms with Crippen LogP contribution in [0.25, 0.3) is 10.9 Å². The first-order valence-electron chi connectivity index (χ1n) is 13.3. The van der Waals surface area contributed by atoms with E-state index >= 15 is 0 Å². The van der Waals surface area contributed by atoms with Crippen molar-refractivity contribution in [1.29, 1.82) is 0 Å². The number of ether oxygens (including phenoxy) is 1. The maximum Gasteiger partial charge on any atom is 0.209 e. The Morgan fingerprint density at radius 1 is 1.05 bits per heavy atom. The van der Waals surface area contributed by atoms with Crippen LogP contribution in [0, 0.1) is 22.9 Å². The Bertz CT molecular complexity index is 1420. The van der Waals surface area contributed by atoms with Gasteiger partial charge in [-0.3, -0.25) is 4.98 Å². The normalized spacial score (nSPS) is 15.9. The molecule has 0 radical (unpaired) electrons. The number of methoxy groups -OCH3 is 1. The summed E-state index contributed by atoms with van der Waals surface area (Å²) in [7, 11) is -2.64. The number of aliphatic hydroxyl groups is 1. The second-order valence-corrected chi connectivity index (χ2v) is 12.4. The standard InChI is InChI=1S/C29H34F4N2O4S/c1-39-21-6-7-26-23(16-21)22(27(17-34-26)40(37,38)19-30)5-2-8-29(18-36)9-12-35(13-10-29)11-3-4-20-14-24(31)28(33)25(32)15-20/h6-7,14-17,36H,2-5,8-13,18-19H2,1H3. The second kappa shape index (κ2) is 12.8. The van der Waals surface area contributed by atoms with Crippen LogP contribution in [0.15, 0.2) is 41.4 Å². The van der Waals surface area contributed by atoms with Crippen LogP contribution in [0.1, 0.15) is 43.2 Å². The summed E-state index contributed by atoms with van der Waals surface area (Å²) in [4.78, 5) is 6.34. The Hall–Kier alpha value is -2.76. The highest BCUT2D eigenvalue weighted by atomic mass is 32.2. The minimum atomic E-state index is -4.15. The molecule has 1 aromatic heterocycles. The van der Waals surface area contributed by atoms with Gasteiger partial charge in [-0.15, -0.1) is 0 Å². The number of sulfone groups is 1. The fourth-order valence-electron chi connectivity index (χ4n) is 5.56. The third-order valence-corrected chi connectivity index (χ3v) is 9.30. The molecule has 218 valence electrons. The molecule has 6 nitrogen and oxygen atoms in total. The molecule has 1 aliphatic rings. The number of aromatic nitrogens is 1. The van der Waals surface area contributed by atoms with Crippen molar-refractivity contribution in [1.82, 2.24) is 9.88 Å². The van der Waals surface area contributed by atoms with E-state index in [1.54, 1.807) is 18.2 Å². The smallest absolute Gasteiger partial charge is 0.209 e. The number of nitrogens with zero attached hydrogens (tertiary/aromatic N) is 2. The molecule has 2 heterocycles. The average Bonchev–Trinajstić information content (AvgIpc) is 2.96. The highest BCUT2D eigenvalue weighted by molar-refractivity contribution is 7.91. The summed E-state index contributed by atoms with van der Waals surface area (Å²) in [6, 6.07) is 5.71. The first-order chi connectivity index (χ1) is 19.1. The third-order valence-electron chi connectivity index (χ3n) is 8.00. The Kier molecular flexibility index (Phi) is 9.68. The van der Waals surface area contributed by atoms with E-state index in [1.807, 2.05) is 0 Å². The quantitative estimate of drug-likeness (QED) is 0.228. The van der Waals surface area contributed by atoms with Crippen molar-refractivity contribution in [2.75, 3.05) is 39.4 Å². The third kappa shape index (κ3) is 6.75. The Balaban J connectivity index is 1.38. The molecule has 3 aromatic rings. The molecule has 40 heavy (non-hydrogen) atoms. The van der Waals surface area contributed by atoms with Gasteiger partial charge in [0.15, 0.2) is 23.5 Å². The molecular formula is C29H34F4N2O4S. The molecule has 0 spiro atoms. The lowest BCUT2D eigenvalue weighted by atomic mass is 9.75. The summed E-state index contributed by atoms with van der Waals surface area (Å²) in [5, 5.41) is 10.9.